The maximum absolute atomic E-state index is 12.6. The highest BCUT2D eigenvalue weighted by atomic mass is 16.5. The Morgan fingerprint density at radius 3 is 2.76 bits per heavy atom. The van der Waals surface area contributed by atoms with E-state index in [1.807, 2.05) is 24.3 Å². The molecule has 21 heavy (non-hydrogen) atoms. The van der Waals surface area contributed by atoms with Gasteiger partial charge in [0, 0.05) is 6.54 Å². The monoisotopic (exact) mass is 289 g/mol. The molecule has 1 aromatic carbocycles. The predicted molar refractivity (Wildman–Crippen MR) is 76.1 cm³/mol. The summed E-state index contributed by atoms with van der Waals surface area (Å²) in [5.74, 6) is -0.0310. The van der Waals surface area contributed by atoms with Crippen LogP contribution in [0.2, 0.25) is 0 Å². The Bertz CT molecular complexity index is 553. The molecule has 0 saturated heterocycles. The minimum absolute atomic E-state index is 0.0983. The van der Waals surface area contributed by atoms with Crippen molar-refractivity contribution in [2.75, 3.05) is 19.7 Å². The molecule has 1 aliphatic carbocycles. The topological polar surface area (TPSA) is 66.8 Å². The van der Waals surface area contributed by atoms with Crippen LogP contribution < -0.4 is 4.74 Å². The molecule has 1 unspecified atom stereocenters. The summed E-state index contributed by atoms with van der Waals surface area (Å²) in [5.41, 5.74) is 1.02. The van der Waals surface area contributed by atoms with Gasteiger partial charge < -0.3 is 14.7 Å². The van der Waals surface area contributed by atoms with Crippen molar-refractivity contribution in [1.82, 2.24) is 4.90 Å². The number of amides is 1. The van der Waals surface area contributed by atoms with Gasteiger partial charge in [0.15, 0.2) is 0 Å². The Balaban J connectivity index is 1.69. The lowest BCUT2D eigenvalue weighted by molar-refractivity contribution is -0.147. The molecule has 1 atom stereocenters. The van der Waals surface area contributed by atoms with Crippen LogP contribution >= 0.6 is 0 Å². The molecule has 1 fully saturated rings. The van der Waals surface area contributed by atoms with E-state index in [9.17, 15) is 9.59 Å². The highest BCUT2D eigenvalue weighted by Crippen LogP contribution is 2.31. The first-order chi connectivity index (χ1) is 10.1. The molecule has 1 N–H and O–H groups in total. The predicted octanol–water partition coefficient (Wildman–Crippen LogP) is 1.56. The van der Waals surface area contributed by atoms with Gasteiger partial charge in [-0.3, -0.25) is 9.59 Å². The molecule has 1 aliphatic heterocycles. The number of aliphatic carboxylic acids is 1. The van der Waals surface area contributed by atoms with E-state index in [1.54, 1.807) is 0 Å². The van der Waals surface area contributed by atoms with E-state index in [0.717, 1.165) is 24.2 Å². The minimum Gasteiger partial charge on any atom is -0.492 e. The lowest BCUT2D eigenvalue weighted by atomic mass is 9.95. The molecule has 0 aromatic heterocycles. The fourth-order valence-corrected chi connectivity index (χ4v) is 2.75. The Hall–Kier alpha value is -2.04. The number of ether oxygens (including phenoxy) is 1. The van der Waals surface area contributed by atoms with Crippen LogP contribution in [0.5, 0.6) is 5.75 Å². The van der Waals surface area contributed by atoms with Gasteiger partial charge in [0.1, 0.15) is 18.9 Å². The van der Waals surface area contributed by atoms with Gasteiger partial charge in [-0.15, -0.1) is 0 Å². The van der Waals surface area contributed by atoms with Crippen LogP contribution in [-0.4, -0.2) is 41.6 Å². The lowest BCUT2D eigenvalue weighted by Gasteiger charge is -2.29. The zero-order chi connectivity index (χ0) is 14.8. The molecule has 1 heterocycles. The molecule has 1 aromatic rings. The van der Waals surface area contributed by atoms with Crippen LogP contribution in [0.1, 0.15) is 18.4 Å². The van der Waals surface area contributed by atoms with Crippen molar-refractivity contribution in [3.63, 3.8) is 0 Å². The van der Waals surface area contributed by atoms with Crippen molar-refractivity contribution in [3.8, 4) is 5.75 Å². The average molecular weight is 289 g/mol. The molecule has 0 bridgehead atoms. The third kappa shape index (κ3) is 3.35. The fourth-order valence-electron chi connectivity index (χ4n) is 2.75. The van der Waals surface area contributed by atoms with Gasteiger partial charge in [-0.2, -0.15) is 0 Å². The third-order valence-corrected chi connectivity index (χ3v) is 4.04. The second-order valence-corrected chi connectivity index (χ2v) is 5.88. The summed E-state index contributed by atoms with van der Waals surface area (Å²) >= 11 is 0. The summed E-state index contributed by atoms with van der Waals surface area (Å²) in [6.07, 6.45) is 2.80. The molecule has 0 spiro atoms. The molecular formula is C16H19NO4. The number of hydrogen-bond acceptors (Lipinski definition) is 3. The Labute approximate surface area is 123 Å². The molecule has 2 aliphatic rings. The molecule has 1 saturated carbocycles. The normalized spacial score (nSPS) is 20.3. The number of fused-ring (bicyclic) bond motifs is 1. The summed E-state index contributed by atoms with van der Waals surface area (Å²) in [6, 6.07) is 7.69. The van der Waals surface area contributed by atoms with Crippen LogP contribution in [0, 0.1) is 11.8 Å². The number of rotatable bonds is 5. The van der Waals surface area contributed by atoms with E-state index >= 15 is 0 Å². The van der Waals surface area contributed by atoms with E-state index in [2.05, 4.69) is 0 Å². The van der Waals surface area contributed by atoms with Gasteiger partial charge in [0.2, 0.25) is 5.91 Å². The van der Waals surface area contributed by atoms with E-state index in [-0.39, 0.29) is 18.4 Å². The molecule has 112 valence electrons. The van der Waals surface area contributed by atoms with Gasteiger partial charge >= 0.3 is 5.97 Å². The van der Waals surface area contributed by atoms with E-state index in [1.165, 1.54) is 4.90 Å². The molecule has 3 rings (SSSR count). The van der Waals surface area contributed by atoms with Gasteiger partial charge in [-0.05, 0) is 36.8 Å². The number of carbonyl (C=O) groups excluding carboxylic acids is 1. The quantitative estimate of drug-likeness (QED) is 0.893. The second kappa shape index (κ2) is 5.76. The number of carboxylic acids is 1. The summed E-state index contributed by atoms with van der Waals surface area (Å²) in [7, 11) is 0. The second-order valence-electron chi connectivity index (χ2n) is 5.88. The standard InChI is InChI=1S/C16H19NO4/c18-15(19)9-17(8-11-5-6-11)16(20)13-7-12-3-1-2-4-14(12)21-10-13/h1-4,11,13H,5-10H2,(H,18,19). The number of carboxylic acid groups (broad SMARTS) is 1. The highest BCUT2D eigenvalue weighted by molar-refractivity contribution is 5.83. The zero-order valence-electron chi connectivity index (χ0n) is 11.8. The maximum atomic E-state index is 12.6. The van der Waals surface area contributed by atoms with Gasteiger partial charge in [0.25, 0.3) is 0 Å². The van der Waals surface area contributed by atoms with Crippen molar-refractivity contribution >= 4 is 11.9 Å². The molecule has 0 radical (unpaired) electrons. The van der Waals surface area contributed by atoms with Crippen molar-refractivity contribution in [2.24, 2.45) is 11.8 Å². The average Bonchev–Trinajstić information content (AvgIpc) is 3.29. The largest absolute Gasteiger partial charge is 0.492 e. The molecule has 5 heteroatoms. The Morgan fingerprint density at radius 2 is 2.05 bits per heavy atom. The SMILES string of the molecule is O=C(O)CN(CC1CC1)C(=O)C1COc2ccccc2C1. The summed E-state index contributed by atoms with van der Waals surface area (Å²) in [5, 5.41) is 9.00. The van der Waals surface area contributed by atoms with Crippen molar-refractivity contribution in [1.29, 1.82) is 0 Å². The number of hydrogen-bond donors (Lipinski definition) is 1. The maximum Gasteiger partial charge on any atom is 0.323 e. The van der Waals surface area contributed by atoms with E-state index < -0.39 is 5.97 Å². The van der Waals surface area contributed by atoms with Gasteiger partial charge in [-0.25, -0.2) is 0 Å². The highest BCUT2D eigenvalue weighted by Gasteiger charge is 2.33. The first-order valence-corrected chi connectivity index (χ1v) is 7.35. The van der Waals surface area contributed by atoms with Crippen LogP contribution in [0.3, 0.4) is 0 Å². The van der Waals surface area contributed by atoms with Crippen molar-refractivity contribution in [3.05, 3.63) is 29.8 Å². The number of carbonyl (C=O) groups is 2. The number of benzene rings is 1. The van der Waals surface area contributed by atoms with E-state index in [4.69, 9.17) is 9.84 Å². The molecule has 1 amide bonds. The van der Waals surface area contributed by atoms with Crippen molar-refractivity contribution in [2.45, 2.75) is 19.3 Å². The lowest BCUT2D eigenvalue weighted by Crippen LogP contribution is -2.44. The van der Waals surface area contributed by atoms with Crippen LogP contribution in [-0.2, 0) is 16.0 Å². The Kier molecular flexibility index (Phi) is 3.82. The third-order valence-electron chi connectivity index (χ3n) is 4.04. The number of nitrogens with zero attached hydrogens (tertiary/aromatic N) is 1. The van der Waals surface area contributed by atoms with Gasteiger partial charge in [0.05, 0.1) is 5.92 Å². The first kappa shape index (κ1) is 13.9. The summed E-state index contributed by atoms with van der Waals surface area (Å²) < 4.78 is 5.64. The zero-order valence-corrected chi connectivity index (χ0v) is 11.8. The van der Waals surface area contributed by atoms with Crippen LogP contribution in [0.15, 0.2) is 24.3 Å². The summed E-state index contributed by atoms with van der Waals surface area (Å²) in [6.45, 7) is 0.674. The van der Waals surface area contributed by atoms with E-state index in [0.29, 0.717) is 25.5 Å². The van der Waals surface area contributed by atoms with Crippen LogP contribution in [0.25, 0.3) is 0 Å². The fraction of sp³-hybridized carbons (Fsp3) is 0.500. The molecule has 5 nitrogen and oxygen atoms in total. The van der Waals surface area contributed by atoms with Crippen molar-refractivity contribution < 1.29 is 19.4 Å². The minimum atomic E-state index is -0.957. The van der Waals surface area contributed by atoms with Gasteiger partial charge in [-0.1, -0.05) is 18.2 Å². The van der Waals surface area contributed by atoms with Crippen LogP contribution in [0.4, 0.5) is 0 Å². The number of para-hydroxylation sites is 1. The summed E-state index contributed by atoms with van der Waals surface area (Å²) in [4.78, 5) is 25.0. The smallest absolute Gasteiger partial charge is 0.323 e. The Morgan fingerprint density at radius 1 is 1.29 bits per heavy atom. The molecular weight excluding hydrogens is 270 g/mol. The first-order valence-electron chi connectivity index (χ1n) is 7.35.